The number of aryl methyl sites for hydroxylation is 1. The molecule has 4 nitrogen and oxygen atoms in total. The molecule has 0 fully saturated rings. The van der Waals surface area contributed by atoms with Gasteiger partial charge in [0.15, 0.2) is 0 Å². The minimum absolute atomic E-state index is 0. The van der Waals surface area contributed by atoms with E-state index in [2.05, 4.69) is 29.6 Å². The molecule has 4 rings (SSSR count). The van der Waals surface area contributed by atoms with Gasteiger partial charge in [0.25, 0.3) is 5.91 Å². The molecule has 0 aromatic heterocycles. The molecule has 1 unspecified atom stereocenters. The summed E-state index contributed by atoms with van der Waals surface area (Å²) in [5.41, 5.74) is 7.38. The second kappa shape index (κ2) is 13.4. The fourth-order valence-corrected chi connectivity index (χ4v) is 4.80. The van der Waals surface area contributed by atoms with Crippen molar-refractivity contribution in [2.75, 3.05) is 12.0 Å². The van der Waals surface area contributed by atoms with Gasteiger partial charge in [-0.1, -0.05) is 84.9 Å². The summed E-state index contributed by atoms with van der Waals surface area (Å²) in [6.07, 6.45) is 2.20. The number of carboxylic acids is 1. The molecule has 1 atom stereocenters. The first-order valence-corrected chi connectivity index (χ1v) is 13.2. The Kier molecular flexibility index (Phi) is 10.2. The van der Waals surface area contributed by atoms with Crippen LogP contribution >= 0.6 is 11.8 Å². The second-order valence-corrected chi connectivity index (χ2v) is 9.60. The van der Waals surface area contributed by atoms with E-state index in [9.17, 15) is 14.7 Å². The van der Waals surface area contributed by atoms with Crippen LogP contribution in [0.5, 0.6) is 0 Å². The topological polar surface area (TPSA) is 69.2 Å². The number of carbonyl (C=O) groups is 2. The van der Waals surface area contributed by atoms with Crippen molar-refractivity contribution in [3.63, 3.8) is 0 Å². The van der Waals surface area contributed by atoms with Gasteiger partial charge in [-0.2, -0.15) is 11.8 Å². The van der Waals surface area contributed by atoms with Crippen molar-refractivity contribution < 1.29 is 33.6 Å². The van der Waals surface area contributed by atoms with Crippen molar-refractivity contribution in [1.82, 2.24) is 5.32 Å². The van der Waals surface area contributed by atoms with Gasteiger partial charge in [0, 0.05) is 5.56 Å². The number of hydrogen-bond acceptors (Lipinski definition) is 4. The fraction of sp³-hybridized carbons (Fsp3) is 0.161. The number of carbonyl (C=O) groups excluding carboxylic acids is 2. The average molecular weight is 502 g/mol. The van der Waals surface area contributed by atoms with Crippen molar-refractivity contribution in [3.05, 3.63) is 108 Å². The van der Waals surface area contributed by atoms with Gasteiger partial charge in [-0.15, -0.1) is 0 Å². The van der Waals surface area contributed by atoms with E-state index in [0.29, 0.717) is 17.7 Å². The summed E-state index contributed by atoms with van der Waals surface area (Å²) in [5.74, 6) is -1.09. The van der Waals surface area contributed by atoms with Crippen LogP contribution in [0.4, 0.5) is 0 Å². The summed E-state index contributed by atoms with van der Waals surface area (Å²) < 4.78 is 0. The van der Waals surface area contributed by atoms with E-state index in [4.69, 9.17) is 0 Å². The minimum atomic E-state index is -1.27. The van der Waals surface area contributed by atoms with Gasteiger partial charge >= 0.3 is 18.9 Å². The molecule has 0 radical (unpaired) electrons. The van der Waals surface area contributed by atoms with E-state index in [1.54, 1.807) is 6.07 Å². The van der Waals surface area contributed by atoms with Gasteiger partial charge in [-0.25, -0.2) is 0 Å². The third-order valence-corrected chi connectivity index (χ3v) is 6.87. The van der Waals surface area contributed by atoms with Crippen LogP contribution in [-0.4, -0.2) is 29.9 Å². The number of hydrogen-bond donors (Lipinski definition) is 1. The van der Waals surface area contributed by atoms with E-state index in [1.807, 2.05) is 79.9 Å². The molecule has 0 spiro atoms. The maximum Gasteiger partial charge on any atom is 1.00 e. The predicted molar refractivity (Wildman–Crippen MR) is 147 cm³/mol. The number of amides is 1. The second-order valence-electron chi connectivity index (χ2n) is 8.61. The Bertz CT molecular complexity index is 1370. The molecule has 0 bridgehead atoms. The van der Waals surface area contributed by atoms with E-state index in [-0.39, 0.29) is 18.9 Å². The quantitative estimate of drug-likeness (QED) is 0.358. The Morgan fingerprint density at radius 1 is 0.784 bits per heavy atom. The van der Waals surface area contributed by atoms with Crippen molar-refractivity contribution >= 4 is 23.6 Å². The number of carboxylic acid groups (broad SMARTS) is 1. The number of benzene rings is 4. The zero-order chi connectivity index (χ0) is 25.5. The summed E-state index contributed by atoms with van der Waals surface area (Å²) in [6, 6.07) is 31.0. The number of thioether (sulfide) groups is 1. The smallest absolute Gasteiger partial charge is 0.548 e. The number of rotatable bonds is 9. The molecule has 0 aliphatic heterocycles. The molecule has 4 aromatic rings. The summed E-state index contributed by atoms with van der Waals surface area (Å²) in [4.78, 5) is 25.0. The third-order valence-electron chi connectivity index (χ3n) is 6.22. The van der Waals surface area contributed by atoms with Crippen LogP contribution in [0.3, 0.4) is 0 Å². The normalized spacial score (nSPS) is 11.3. The first-order valence-electron chi connectivity index (χ1n) is 11.8. The third kappa shape index (κ3) is 6.75. The predicted octanol–water partition coefficient (Wildman–Crippen LogP) is 2.60. The van der Waals surface area contributed by atoms with Gasteiger partial charge in [-0.05, 0) is 76.4 Å². The van der Waals surface area contributed by atoms with E-state index >= 15 is 0 Å². The molecule has 4 aromatic carbocycles. The molecule has 6 heteroatoms. The van der Waals surface area contributed by atoms with Crippen LogP contribution in [0, 0.1) is 6.92 Å². The molecule has 0 saturated heterocycles. The van der Waals surface area contributed by atoms with Gasteiger partial charge in [-0.3, -0.25) is 4.79 Å². The molecule has 182 valence electrons. The monoisotopic (exact) mass is 501 g/mol. The summed E-state index contributed by atoms with van der Waals surface area (Å²) in [7, 11) is 0. The molecule has 1 amide bonds. The Hall–Kier alpha value is -3.23. The van der Waals surface area contributed by atoms with Crippen molar-refractivity contribution in [3.8, 4) is 33.4 Å². The van der Waals surface area contributed by atoms with Crippen molar-refractivity contribution in [2.24, 2.45) is 0 Å². The first-order chi connectivity index (χ1) is 17.5. The molecule has 0 aliphatic rings. The molecule has 0 heterocycles. The summed E-state index contributed by atoms with van der Waals surface area (Å²) in [5, 5.41) is 14.3. The summed E-state index contributed by atoms with van der Waals surface area (Å²) >= 11 is 1.53. The molecule has 37 heavy (non-hydrogen) atoms. The maximum atomic E-state index is 13.4. The van der Waals surface area contributed by atoms with E-state index in [1.165, 1.54) is 11.8 Å². The Morgan fingerprint density at radius 3 is 2.00 bits per heavy atom. The van der Waals surface area contributed by atoms with Crippen LogP contribution in [0.1, 0.15) is 22.3 Å². The number of nitrogens with one attached hydrogen (secondary N) is 1. The SMILES string of the molecule is CSCCC(NC(=O)c1ccc(-c2ccccc2-c2ccccc2)cc1-c1ccccc1C)C(=O)[O-].[Li+]. The first kappa shape index (κ1) is 28.3. The maximum absolute atomic E-state index is 13.4. The van der Waals surface area contributed by atoms with Crippen LogP contribution in [-0.2, 0) is 4.79 Å². The molecule has 0 aliphatic carbocycles. The fourth-order valence-electron chi connectivity index (χ4n) is 4.33. The molecular formula is C31H28LiNO3S. The van der Waals surface area contributed by atoms with Gasteiger partial charge in [0.05, 0.1) is 12.0 Å². The number of aliphatic carboxylic acids is 1. The van der Waals surface area contributed by atoms with Gasteiger partial charge in [0.1, 0.15) is 0 Å². The van der Waals surface area contributed by atoms with Crippen molar-refractivity contribution in [2.45, 2.75) is 19.4 Å². The standard InChI is InChI=1S/C31H29NO3S.Li/c1-21-10-6-7-13-24(21)28-20-23(26-15-9-8-14-25(26)22-11-4-3-5-12-22)16-17-27(28)30(33)32-29(31(34)35)18-19-36-2;/h3-17,20,29H,18-19H2,1-2H3,(H,32,33)(H,34,35);/q;+1/p-1. The van der Waals surface area contributed by atoms with Crippen LogP contribution in [0.25, 0.3) is 33.4 Å². The largest absolute Gasteiger partial charge is 1.00 e. The Morgan fingerprint density at radius 2 is 1.38 bits per heavy atom. The zero-order valence-corrected chi connectivity index (χ0v) is 22.2. The Labute approximate surface area is 234 Å². The van der Waals surface area contributed by atoms with Gasteiger partial charge < -0.3 is 15.2 Å². The van der Waals surface area contributed by atoms with Crippen molar-refractivity contribution in [1.29, 1.82) is 0 Å². The van der Waals surface area contributed by atoms with E-state index < -0.39 is 17.9 Å². The van der Waals surface area contributed by atoms with Crippen LogP contribution < -0.4 is 29.3 Å². The van der Waals surface area contributed by atoms with Gasteiger partial charge in [0.2, 0.25) is 0 Å². The zero-order valence-electron chi connectivity index (χ0n) is 21.4. The average Bonchev–Trinajstić information content (AvgIpc) is 2.91. The van der Waals surface area contributed by atoms with Crippen LogP contribution in [0.15, 0.2) is 97.1 Å². The van der Waals surface area contributed by atoms with E-state index in [0.717, 1.165) is 38.9 Å². The minimum Gasteiger partial charge on any atom is -0.548 e. The molecule has 1 N–H and O–H groups in total. The Balaban J connectivity index is 0.00000380. The van der Waals surface area contributed by atoms with Crippen LogP contribution in [0.2, 0.25) is 0 Å². The molecule has 0 saturated carbocycles. The molecular weight excluding hydrogens is 473 g/mol. The summed E-state index contributed by atoms with van der Waals surface area (Å²) in [6.45, 7) is 2.00.